The van der Waals surface area contributed by atoms with Gasteiger partial charge < -0.3 is 33.8 Å². The Labute approximate surface area is 651 Å². The molecule has 0 aliphatic carbocycles. The monoisotopic (exact) mass is 1550 g/mol. The van der Waals surface area contributed by atoms with Crippen LogP contribution in [-0.4, -0.2) is 96.7 Å². The first-order valence-electron chi connectivity index (χ1n) is 44.9. The summed E-state index contributed by atoms with van der Waals surface area (Å²) < 4.78 is 68.8. The number of aliphatic hydroxyl groups is 1. The molecule has 0 saturated heterocycles. The average molecular weight is 1550 g/mol. The summed E-state index contributed by atoms with van der Waals surface area (Å²) in [6, 6.07) is 0. The third-order valence-corrected chi connectivity index (χ3v) is 23.0. The topological polar surface area (TPSA) is 237 Å². The summed E-state index contributed by atoms with van der Waals surface area (Å²) in [5, 5.41) is 10.7. The zero-order valence-corrected chi connectivity index (χ0v) is 71.7. The lowest BCUT2D eigenvalue weighted by Crippen LogP contribution is -2.30. The number of phosphoric ester groups is 2. The van der Waals surface area contributed by atoms with E-state index in [9.17, 15) is 43.2 Å². The predicted octanol–water partition coefficient (Wildman–Crippen LogP) is 26.5. The largest absolute Gasteiger partial charge is 0.472 e. The molecule has 4 unspecified atom stereocenters. The van der Waals surface area contributed by atoms with E-state index >= 15 is 0 Å². The normalized spacial score (nSPS) is 14.4. The summed E-state index contributed by atoms with van der Waals surface area (Å²) in [5.74, 6) is 0.245. The van der Waals surface area contributed by atoms with Crippen molar-refractivity contribution in [2.24, 2.45) is 17.8 Å². The Morgan fingerprint density at radius 2 is 0.481 bits per heavy atom. The highest BCUT2D eigenvalue weighted by molar-refractivity contribution is 7.47. The van der Waals surface area contributed by atoms with Crippen molar-refractivity contribution in [1.82, 2.24) is 0 Å². The molecule has 630 valence electrons. The number of hydrogen-bond donors (Lipinski definition) is 3. The second-order valence-corrected chi connectivity index (χ2v) is 35.1. The van der Waals surface area contributed by atoms with Gasteiger partial charge in [0.15, 0.2) is 12.2 Å². The summed E-state index contributed by atoms with van der Waals surface area (Å²) in [6.07, 6.45) is 68.3. The fourth-order valence-corrected chi connectivity index (χ4v) is 15.1. The molecule has 0 aromatic carbocycles. The summed E-state index contributed by atoms with van der Waals surface area (Å²) in [4.78, 5) is 73.2. The van der Waals surface area contributed by atoms with Crippen molar-refractivity contribution in [2.75, 3.05) is 39.6 Å². The molecule has 0 aliphatic rings. The van der Waals surface area contributed by atoms with E-state index in [1.165, 1.54) is 263 Å². The SMILES string of the molecule is CCCCCCCCCCCCCCCCCCCCCCCC(=O)OC[C@H](COP(=O)(O)OC[C@@H](O)COP(=O)(O)OC[C@@H](COC(=O)CCCCCCCCC(C)C)OC(=O)CCCCCCCCCCCCC(C)CC)OC(=O)CCCCCCCCCCCCCCCCCCCCC(C)CC. The highest BCUT2D eigenvalue weighted by Crippen LogP contribution is 2.45. The molecule has 19 heteroatoms. The number of aliphatic hydroxyl groups excluding tert-OH is 1. The molecular formula is C87H170O17P2. The highest BCUT2D eigenvalue weighted by Gasteiger charge is 2.31. The first-order valence-corrected chi connectivity index (χ1v) is 47.9. The molecule has 0 radical (unpaired) electrons. The van der Waals surface area contributed by atoms with Crippen molar-refractivity contribution in [3.8, 4) is 0 Å². The van der Waals surface area contributed by atoms with Crippen LogP contribution in [-0.2, 0) is 65.4 Å². The summed E-state index contributed by atoms with van der Waals surface area (Å²) >= 11 is 0. The fourth-order valence-electron chi connectivity index (χ4n) is 13.5. The lowest BCUT2D eigenvalue weighted by Gasteiger charge is -2.21. The van der Waals surface area contributed by atoms with Crippen LogP contribution in [0.5, 0.6) is 0 Å². The molecular weight excluding hydrogens is 1380 g/mol. The van der Waals surface area contributed by atoms with E-state index in [1.54, 1.807) is 0 Å². The van der Waals surface area contributed by atoms with E-state index in [0.717, 1.165) is 108 Å². The highest BCUT2D eigenvalue weighted by atomic mass is 31.2. The van der Waals surface area contributed by atoms with Gasteiger partial charge in [0.2, 0.25) is 0 Å². The second-order valence-electron chi connectivity index (χ2n) is 32.2. The van der Waals surface area contributed by atoms with Crippen molar-refractivity contribution in [3.63, 3.8) is 0 Å². The Morgan fingerprint density at radius 3 is 0.717 bits per heavy atom. The number of unbranched alkanes of at least 4 members (excludes halogenated alkanes) is 51. The minimum atomic E-state index is -4.97. The van der Waals surface area contributed by atoms with Gasteiger partial charge in [-0.2, -0.15) is 0 Å². The van der Waals surface area contributed by atoms with Gasteiger partial charge in [0, 0.05) is 25.7 Å². The van der Waals surface area contributed by atoms with Gasteiger partial charge in [0.1, 0.15) is 19.3 Å². The number of carbonyl (C=O) groups is 4. The molecule has 0 amide bonds. The molecule has 0 bridgehead atoms. The maximum atomic E-state index is 13.2. The van der Waals surface area contributed by atoms with Crippen molar-refractivity contribution in [3.05, 3.63) is 0 Å². The van der Waals surface area contributed by atoms with Crippen molar-refractivity contribution >= 4 is 39.5 Å². The van der Waals surface area contributed by atoms with E-state index < -0.39 is 97.5 Å². The Kier molecular flexibility index (Phi) is 75.6. The third-order valence-electron chi connectivity index (χ3n) is 21.1. The average Bonchev–Trinajstić information content (AvgIpc) is 0.892. The van der Waals surface area contributed by atoms with Gasteiger partial charge in [0.25, 0.3) is 0 Å². The van der Waals surface area contributed by atoms with Crippen LogP contribution in [0.1, 0.15) is 459 Å². The Balaban J connectivity index is 5.20. The van der Waals surface area contributed by atoms with E-state index in [0.29, 0.717) is 31.6 Å². The molecule has 0 aromatic heterocycles. The lowest BCUT2D eigenvalue weighted by molar-refractivity contribution is -0.161. The van der Waals surface area contributed by atoms with Crippen LogP contribution >= 0.6 is 15.6 Å². The molecule has 0 fully saturated rings. The molecule has 3 N–H and O–H groups in total. The molecule has 0 spiro atoms. The standard InChI is InChI=1S/C87H170O17P2/c1-8-11-12-13-14-15-16-17-18-19-20-21-22-26-29-32-35-41-46-54-61-68-84(89)97-74-82(103-86(91)70-63-56-47-42-36-33-30-27-24-23-25-28-31-34-39-44-52-59-66-79(6)9-2)76-101-105(93,94)99-72-81(88)73-100-106(95,96)102-77-83(75-98-85(90)69-62-55-50-49-51-58-65-78(4)5)104-87(92)71-64-57-48-43-38-37-40-45-53-60-67-80(7)10-3/h78-83,88H,8-77H2,1-7H3,(H,93,94)(H,95,96)/t79?,80?,81-,82-,83-/m1/s1. The molecule has 106 heavy (non-hydrogen) atoms. The fraction of sp³-hybridized carbons (Fsp3) is 0.954. The molecule has 0 rings (SSSR count). The summed E-state index contributed by atoms with van der Waals surface area (Å²) in [6.45, 7) is 12.0. The Hall–Kier alpha value is -1.94. The van der Waals surface area contributed by atoms with E-state index in [4.69, 9.17) is 37.0 Å². The number of hydrogen-bond acceptors (Lipinski definition) is 15. The van der Waals surface area contributed by atoms with Crippen molar-refractivity contribution < 1.29 is 80.2 Å². The van der Waals surface area contributed by atoms with E-state index in [2.05, 4.69) is 48.5 Å². The first-order chi connectivity index (χ1) is 51.3. The smallest absolute Gasteiger partial charge is 0.462 e. The zero-order chi connectivity index (χ0) is 77.9. The number of phosphoric acid groups is 2. The molecule has 0 saturated carbocycles. The molecule has 17 nitrogen and oxygen atoms in total. The number of ether oxygens (including phenoxy) is 4. The van der Waals surface area contributed by atoms with Crippen LogP contribution in [0.2, 0.25) is 0 Å². The van der Waals surface area contributed by atoms with E-state index in [-0.39, 0.29) is 25.7 Å². The lowest BCUT2D eigenvalue weighted by atomic mass is 9.99. The Bertz CT molecular complexity index is 2050. The number of carbonyl (C=O) groups excluding carboxylic acids is 4. The van der Waals surface area contributed by atoms with E-state index in [1.807, 2.05) is 0 Å². The van der Waals surface area contributed by atoms with Gasteiger partial charge in [-0.3, -0.25) is 37.3 Å². The van der Waals surface area contributed by atoms with Crippen LogP contribution in [0, 0.1) is 17.8 Å². The maximum absolute atomic E-state index is 13.2. The zero-order valence-electron chi connectivity index (χ0n) is 69.9. The van der Waals surface area contributed by atoms with Gasteiger partial charge in [0.05, 0.1) is 26.4 Å². The minimum absolute atomic E-state index is 0.105. The predicted molar refractivity (Wildman–Crippen MR) is 437 cm³/mol. The second kappa shape index (κ2) is 77.0. The molecule has 0 heterocycles. The van der Waals surface area contributed by atoms with Crippen LogP contribution in [0.15, 0.2) is 0 Å². The maximum Gasteiger partial charge on any atom is 0.472 e. The first kappa shape index (κ1) is 104. The molecule has 0 aromatic rings. The van der Waals surface area contributed by atoms with Crippen molar-refractivity contribution in [1.29, 1.82) is 0 Å². The molecule has 0 aliphatic heterocycles. The molecule has 7 atom stereocenters. The van der Waals surface area contributed by atoms with Crippen LogP contribution in [0.3, 0.4) is 0 Å². The van der Waals surface area contributed by atoms with Gasteiger partial charge in [-0.15, -0.1) is 0 Å². The van der Waals surface area contributed by atoms with Crippen LogP contribution in [0.25, 0.3) is 0 Å². The Morgan fingerprint density at radius 1 is 0.274 bits per heavy atom. The van der Waals surface area contributed by atoms with Gasteiger partial charge >= 0.3 is 39.5 Å². The third kappa shape index (κ3) is 77.4. The number of esters is 4. The van der Waals surface area contributed by atoms with Gasteiger partial charge in [-0.1, -0.05) is 408 Å². The summed E-state index contributed by atoms with van der Waals surface area (Å²) in [7, 11) is -9.93. The van der Waals surface area contributed by atoms with Crippen molar-refractivity contribution in [2.45, 2.75) is 478 Å². The van der Waals surface area contributed by atoms with Crippen LogP contribution in [0.4, 0.5) is 0 Å². The quantitative estimate of drug-likeness (QED) is 0.0222. The van der Waals surface area contributed by atoms with Gasteiger partial charge in [-0.25, -0.2) is 9.13 Å². The van der Waals surface area contributed by atoms with Crippen LogP contribution < -0.4 is 0 Å². The minimum Gasteiger partial charge on any atom is -0.462 e. The summed E-state index contributed by atoms with van der Waals surface area (Å²) in [5.41, 5.74) is 0. The number of rotatable bonds is 85. The van der Waals surface area contributed by atoms with Gasteiger partial charge in [-0.05, 0) is 43.4 Å².